The van der Waals surface area contributed by atoms with Gasteiger partial charge in [0.15, 0.2) is 0 Å². The SMILES string of the molecule is CCCCCCCCCCCCCNc1nnc(-c2ccncc2)o1. The molecule has 5 nitrogen and oxygen atoms in total. The number of hydrogen-bond donors (Lipinski definition) is 1. The molecule has 0 aliphatic heterocycles. The smallest absolute Gasteiger partial charge is 0.315 e. The van der Waals surface area contributed by atoms with Gasteiger partial charge in [0.2, 0.25) is 5.89 Å². The summed E-state index contributed by atoms with van der Waals surface area (Å²) < 4.78 is 5.61. The van der Waals surface area contributed by atoms with Crippen molar-refractivity contribution in [3.63, 3.8) is 0 Å². The Morgan fingerprint density at radius 1 is 0.800 bits per heavy atom. The van der Waals surface area contributed by atoms with Gasteiger partial charge in [0.25, 0.3) is 0 Å². The van der Waals surface area contributed by atoms with E-state index in [1.807, 2.05) is 12.1 Å². The van der Waals surface area contributed by atoms with E-state index in [0.29, 0.717) is 11.9 Å². The molecule has 0 bridgehead atoms. The second-order valence-electron chi connectivity index (χ2n) is 6.61. The van der Waals surface area contributed by atoms with Crippen molar-refractivity contribution in [2.75, 3.05) is 11.9 Å². The van der Waals surface area contributed by atoms with Gasteiger partial charge in [-0.1, -0.05) is 76.2 Å². The third kappa shape index (κ3) is 8.14. The highest BCUT2D eigenvalue weighted by atomic mass is 16.4. The first kappa shape index (κ1) is 19.4. The number of pyridine rings is 1. The number of unbranched alkanes of at least 4 members (excludes halogenated alkanes) is 10. The van der Waals surface area contributed by atoms with Crippen molar-refractivity contribution in [1.82, 2.24) is 15.2 Å². The average molecular weight is 345 g/mol. The molecular formula is C20H32N4O. The van der Waals surface area contributed by atoms with E-state index in [-0.39, 0.29) is 0 Å². The Morgan fingerprint density at radius 3 is 2.04 bits per heavy atom. The fourth-order valence-electron chi connectivity index (χ4n) is 2.89. The molecule has 0 aliphatic rings. The molecular weight excluding hydrogens is 312 g/mol. The number of aromatic nitrogens is 3. The minimum absolute atomic E-state index is 0.499. The molecule has 2 aromatic rings. The van der Waals surface area contributed by atoms with Crippen LogP contribution in [0, 0.1) is 0 Å². The molecule has 0 radical (unpaired) electrons. The van der Waals surface area contributed by atoms with E-state index in [1.165, 1.54) is 64.2 Å². The zero-order valence-electron chi connectivity index (χ0n) is 15.5. The lowest BCUT2D eigenvalue weighted by atomic mass is 10.1. The predicted octanol–water partition coefficient (Wildman–Crippen LogP) is 5.85. The molecule has 25 heavy (non-hydrogen) atoms. The fraction of sp³-hybridized carbons (Fsp3) is 0.650. The Bertz CT molecular complexity index is 556. The van der Waals surface area contributed by atoms with Crippen molar-refractivity contribution in [2.24, 2.45) is 0 Å². The fourth-order valence-corrected chi connectivity index (χ4v) is 2.89. The highest BCUT2D eigenvalue weighted by Crippen LogP contribution is 2.18. The molecule has 2 heterocycles. The molecule has 0 amide bonds. The topological polar surface area (TPSA) is 63.8 Å². The van der Waals surface area contributed by atoms with E-state index in [0.717, 1.165) is 18.5 Å². The van der Waals surface area contributed by atoms with E-state index in [2.05, 4.69) is 27.4 Å². The first-order valence-electron chi connectivity index (χ1n) is 9.88. The van der Waals surface area contributed by atoms with Crippen LogP contribution in [0.25, 0.3) is 11.5 Å². The lowest BCUT2D eigenvalue weighted by Crippen LogP contribution is -2.01. The standard InChI is InChI=1S/C20H32N4O/c1-2-3-4-5-6-7-8-9-10-11-12-15-22-20-24-23-19(25-20)18-13-16-21-17-14-18/h13-14,16-17H,2-12,15H2,1H3,(H,22,24). The third-order valence-electron chi connectivity index (χ3n) is 4.41. The van der Waals surface area contributed by atoms with E-state index >= 15 is 0 Å². The molecule has 138 valence electrons. The molecule has 0 unspecified atom stereocenters. The predicted molar refractivity (Wildman–Crippen MR) is 102 cm³/mol. The first-order chi connectivity index (χ1) is 12.4. The summed E-state index contributed by atoms with van der Waals surface area (Å²) in [4.78, 5) is 3.99. The molecule has 0 aromatic carbocycles. The normalized spacial score (nSPS) is 10.9. The van der Waals surface area contributed by atoms with E-state index in [1.54, 1.807) is 12.4 Å². The summed E-state index contributed by atoms with van der Waals surface area (Å²) >= 11 is 0. The first-order valence-corrected chi connectivity index (χ1v) is 9.88. The molecule has 0 fully saturated rings. The van der Waals surface area contributed by atoms with Crippen LogP contribution < -0.4 is 5.32 Å². The maximum Gasteiger partial charge on any atom is 0.315 e. The summed E-state index contributed by atoms with van der Waals surface area (Å²) in [5, 5.41) is 11.3. The van der Waals surface area contributed by atoms with Crippen molar-refractivity contribution in [1.29, 1.82) is 0 Å². The lowest BCUT2D eigenvalue weighted by Gasteiger charge is -2.03. The van der Waals surface area contributed by atoms with Gasteiger partial charge in [0, 0.05) is 24.5 Å². The summed E-state index contributed by atoms with van der Waals surface area (Å²) in [5.74, 6) is 0.531. The van der Waals surface area contributed by atoms with Crippen molar-refractivity contribution >= 4 is 6.01 Å². The number of nitrogens with zero attached hydrogens (tertiary/aromatic N) is 3. The van der Waals surface area contributed by atoms with Crippen LogP contribution in [0.5, 0.6) is 0 Å². The number of anilines is 1. The van der Waals surface area contributed by atoms with Crippen LogP contribution in [-0.4, -0.2) is 21.7 Å². The number of rotatable bonds is 14. The van der Waals surface area contributed by atoms with Crippen molar-refractivity contribution in [2.45, 2.75) is 77.6 Å². The summed E-state index contributed by atoms with van der Waals surface area (Å²) in [6.07, 6.45) is 18.3. The van der Waals surface area contributed by atoms with Crippen LogP contribution in [0.15, 0.2) is 28.9 Å². The molecule has 2 aromatic heterocycles. The highest BCUT2D eigenvalue weighted by molar-refractivity contribution is 5.51. The summed E-state index contributed by atoms with van der Waals surface area (Å²) in [6.45, 7) is 3.15. The minimum atomic E-state index is 0.499. The zero-order valence-corrected chi connectivity index (χ0v) is 15.5. The second-order valence-corrected chi connectivity index (χ2v) is 6.61. The Morgan fingerprint density at radius 2 is 1.40 bits per heavy atom. The van der Waals surface area contributed by atoms with Gasteiger partial charge in [-0.15, -0.1) is 5.10 Å². The van der Waals surface area contributed by atoms with Crippen LogP contribution in [-0.2, 0) is 0 Å². The van der Waals surface area contributed by atoms with E-state index in [9.17, 15) is 0 Å². The summed E-state index contributed by atoms with van der Waals surface area (Å²) in [5.41, 5.74) is 0.894. The van der Waals surface area contributed by atoms with Gasteiger partial charge < -0.3 is 9.73 Å². The number of hydrogen-bond acceptors (Lipinski definition) is 5. The Kier molecular flexibility index (Phi) is 9.67. The molecule has 0 aliphatic carbocycles. The van der Waals surface area contributed by atoms with Gasteiger partial charge >= 0.3 is 6.01 Å². The molecule has 0 saturated carbocycles. The average Bonchev–Trinajstić information content (AvgIpc) is 3.12. The van der Waals surface area contributed by atoms with Gasteiger partial charge in [0.1, 0.15) is 0 Å². The maximum absolute atomic E-state index is 5.61. The summed E-state index contributed by atoms with van der Waals surface area (Å²) in [7, 11) is 0. The summed E-state index contributed by atoms with van der Waals surface area (Å²) in [6, 6.07) is 4.22. The molecule has 0 atom stereocenters. The number of nitrogens with one attached hydrogen (secondary N) is 1. The monoisotopic (exact) mass is 344 g/mol. The Balaban J connectivity index is 1.45. The largest absolute Gasteiger partial charge is 0.403 e. The van der Waals surface area contributed by atoms with E-state index in [4.69, 9.17) is 4.42 Å². The lowest BCUT2D eigenvalue weighted by molar-refractivity contribution is 0.548. The Hall–Kier alpha value is -1.91. The van der Waals surface area contributed by atoms with Gasteiger partial charge in [-0.05, 0) is 18.6 Å². The van der Waals surface area contributed by atoms with Crippen molar-refractivity contribution < 1.29 is 4.42 Å². The molecule has 1 N–H and O–H groups in total. The van der Waals surface area contributed by atoms with Crippen LogP contribution in [0.2, 0.25) is 0 Å². The minimum Gasteiger partial charge on any atom is -0.403 e. The van der Waals surface area contributed by atoms with Crippen LogP contribution in [0.1, 0.15) is 77.6 Å². The van der Waals surface area contributed by atoms with Gasteiger partial charge in [0.05, 0.1) is 0 Å². The third-order valence-corrected chi connectivity index (χ3v) is 4.41. The second kappa shape index (κ2) is 12.5. The van der Waals surface area contributed by atoms with Gasteiger partial charge in [-0.3, -0.25) is 4.98 Å². The van der Waals surface area contributed by atoms with Gasteiger partial charge in [-0.25, -0.2) is 0 Å². The van der Waals surface area contributed by atoms with Crippen molar-refractivity contribution in [3.8, 4) is 11.5 Å². The quantitative estimate of drug-likeness (QED) is 0.435. The molecule has 5 heteroatoms. The van der Waals surface area contributed by atoms with Crippen molar-refractivity contribution in [3.05, 3.63) is 24.5 Å². The van der Waals surface area contributed by atoms with E-state index < -0.39 is 0 Å². The Labute approximate surface area is 151 Å². The maximum atomic E-state index is 5.61. The highest BCUT2D eigenvalue weighted by Gasteiger charge is 2.07. The van der Waals surface area contributed by atoms with Gasteiger partial charge in [-0.2, -0.15) is 0 Å². The molecule has 0 spiro atoms. The molecule has 0 saturated heterocycles. The van der Waals surface area contributed by atoms with Crippen LogP contribution in [0.4, 0.5) is 6.01 Å². The molecule has 2 rings (SSSR count). The van der Waals surface area contributed by atoms with Crippen LogP contribution in [0.3, 0.4) is 0 Å². The van der Waals surface area contributed by atoms with Crippen LogP contribution >= 0.6 is 0 Å². The zero-order chi connectivity index (χ0) is 17.6.